The Hall–Kier alpha value is -13.9. The molecule has 0 radical (unpaired) electrons. The topological polar surface area (TPSA) is 385 Å². The molecule has 5 aliphatic rings. The molecule has 0 bridgehead atoms. The second-order valence-electron chi connectivity index (χ2n) is 28.8. The highest BCUT2D eigenvalue weighted by atomic mass is 79.9. The van der Waals surface area contributed by atoms with E-state index < -0.39 is 36.3 Å². The van der Waals surface area contributed by atoms with Crippen molar-refractivity contribution in [3.63, 3.8) is 0 Å². The number of nitrogens with zero attached hydrogens (tertiary/aromatic N) is 12. The van der Waals surface area contributed by atoms with Gasteiger partial charge in [0.25, 0.3) is 0 Å². The number of nitrogens with one attached hydrogen (secondary N) is 6. The number of imide groups is 5. The van der Waals surface area contributed by atoms with Crippen LogP contribution in [0.3, 0.4) is 0 Å². The molecule has 20 rings (SSSR count). The number of carbonyl (C=O) groups excluding carboxylic acids is 11. The third kappa shape index (κ3) is 14.7. The number of benzene rings is 5. The van der Waals surface area contributed by atoms with Gasteiger partial charge < -0.3 is 32.5 Å². The van der Waals surface area contributed by atoms with Crippen molar-refractivity contribution in [2.75, 3.05) is 30.9 Å². The lowest BCUT2D eigenvalue weighted by Gasteiger charge is -2.23. The van der Waals surface area contributed by atoms with Gasteiger partial charge in [-0.25, -0.2) is 29.7 Å². The summed E-state index contributed by atoms with van der Waals surface area (Å²) in [4.78, 5) is 155. The first-order chi connectivity index (χ1) is 57.2. The molecular formula is C86H72Br2N18O12. The summed E-state index contributed by atoms with van der Waals surface area (Å²) in [6, 6.07) is 47.8. The van der Waals surface area contributed by atoms with Crippen LogP contribution < -0.4 is 36.8 Å². The molecule has 5 saturated heterocycles. The summed E-state index contributed by atoms with van der Waals surface area (Å²) in [5, 5.41) is 33.5. The Morgan fingerprint density at radius 3 is 1.25 bits per heavy atom. The van der Waals surface area contributed by atoms with Gasteiger partial charge in [0.2, 0.25) is 59.1 Å². The van der Waals surface area contributed by atoms with Crippen LogP contribution >= 0.6 is 31.9 Å². The fourth-order valence-electron chi connectivity index (χ4n) is 16.3. The monoisotopic (exact) mass is 1710 g/mol. The number of rotatable bonds is 8. The Kier molecular flexibility index (Phi) is 21.6. The number of halogens is 2. The number of para-hydroxylation sites is 1. The number of fused-ring (bicyclic) bond motifs is 15. The summed E-state index contributed by atoms with van der Waals surface area (Å²) in [5.41, 5.74) is 10.4. The molecule has 5 aromatic carbocycles. The minimum Gasteiger partial charge on any atom is -0.450 e. The van der Waals surface area contributed by atoms with Crippen LogP contribution in [0, 0.1) is 11.3 Å². The average Bonchev–Trinajstić information content (AvgIpc) is 1.62. The molecule has 0 aliphatic carbocycles. The number of aromatic nitrogens is 10. The van der Waals surface area contributed by atoms with Gasteiger partial charge in [-0.2, -0.15) is 5.26 Å². The van der Waals surface area contributed by atoms with Crippen molar-refractivity contribution in [3.05, 3.63) is 197 Å². The molecule has 0 saturated carbocycles. The molecule has 15 aromatic rings. The summed E-state index contributed by atoms with van der Waals surface area (Å²) in [6.45, 7) is 2.02. The van der Waals surface area contributed by atoms with Crippen molar-refractivity contribution in [2.24, 2.45) is 0 Å². The summed E-state index contributed by atoms with van der Waals surface area (Å²) in [6.07, 6.45) is 12.0. The van der Waals surface area contributed by atoms with Gasteiger partial charge in [0.15, 0.2) is 0 Å². The predicted molar refractivity (Wildman–Crippen MR) is 448 cm³/mol. The number of piperidine rings is 5. The van der Waals surface area contributed by atoms with Crippen molar-refractivity contribution in [1.82, 2.24) is 74.3 Å². The molecule has 5 fully saturated rings. The van der Waals surface area contributed by atoms with Gasteiger partial charge in [0.1, 0.15) is 58.4 Å². The Bertz CT molecular complexity index is 6640. The number of ether oxygens (including phenoxy) is 1. The number of amides is 11. The van der Waals surface area contributed by atoms with Crippen LogP contribution in [0.4, 0.5) is 16.2 Å². The molecule has 118 heavy (non-hydrogen) atoms. The predicted octanol–water partition coefficient (Wildman–Crippen LogP) is 12.9. The van der Waals surface area contributed by atoms with Gasteiger partial charge in [0, 0.05) is 151 Å². The Morgan fingerprint density at radius 2 is 0.788 bits per heavy atom. The third-order valence-corrected chi connectivity index (χ3v) is 22.8. The maximum absolute atomic E-state index is 12.4. The van der Waals surface area contributed by atoms with E-state index in [4.69, 9.17) is 10.00 Å². The van der Waals surface area contributed by atoms with Crippen molar-refractivity contribution in [1.29, 1.82) is 5.26 Å². The van der Waals surface area contributed by atoms with Gasteiger partial charge in [0.05, 0.1) is 45.8 Å². The minimum absolute atomic E-state index is 0.208. The largest absolute Gasteiger partial charge is 0.450 e. The molecular weight excluding hydrogens is 1640 g/mol. The normalized spacial score (nSPS) is 18.2. The van der Waals surface area contributed by atoms with Crippen LogP contribution in [-0.4, -0.2) is 134 Å². The maximum Gasteiger partial charge on any atom is 0.411 e. The Labute approximate surface area is 686 Å². The first-order valence-corrected chi connectivity index (χ1v) is 39.7. The Balaban J connectivity index is 0.000000110. The second kappa shape index (κ2) is 32.8. The molecule has 5 unspecified atom stereocenters. The molecule has 0 spiro atoms. The van der Waals surface area contributed by atoms with Crippen LogP contribution in [-0.2, 0) is 52.7 Å². The summed E-state index contributed by atoms with van der Waals surface area (Å²) in [7, 11) is 4.00. The zero-order chi connectivity index (χ0) is 82.3. The maximum atomic E-state index is 12.4. The molecule has 592 valence electrons. The standard InChI is InChI=1S/C19H18N4O4.C18H18N4O2.C17H12N4O2.2C16H12BrN3O2/c1-2-27-19(26)21-11-5-6-14-13(10-11)12-4-3-9-20-17(12)23(14)15-7-8-16(24)22-18(15)25;1-21(2)11-5-6-14-13(10-11)12-4-3-9-19-17(12)22(14)15-7-8-16(23)20-18(15)24;18-9-10-3-4-13-12(8-10)11-2-1-7-19-16(11)21(13)14-5-6-15(22)20-17(14)23;17-10-4-1-5-11-14(10)9-3-2-8-18-15(9)20(11)12-6-7-13(21)19-16(12)22;17-10-7-8-18-15-14(10)9-3-1-2-4-11(9)20(15)12-5-6-13(21)19-16(12)22/h3-6,9-10,15H,2,7-8H2,1H3,(H,21,26)(H,22,24,25);3-6,9-10,15H,7-8H2,1-2H3,(H,20,23,24);1-4,7-8,14H,5-6H2,(H,20,22,23);1-5,8,12H,6-7H2,(H,19,21,22);1-4,7-8,12H,5-6H2,(H,19,21,22). The van der Waals surface area contributed by atoms with Crippen molar-refractivity contribution in [3.8, 4) is 6.07 Å². The van der Waals surface area contributed by atoms with Crippen molar-refractivity contribution >= 4 is 218 Å². The number of hydrogen-bond donors (Lipinski definition) is 6. The van der Waals surface area contributed by atoms with E-state index in [1.54, 1.807) is 50.0 Å². The number of carbonyl (C=O) groups is 11. The molecule has 6 N–H and O–H groups in total. The van der Waals surface area contributed by atoms with E-state index in [2.05, 4.69) is 101 Å². The second-order valence-corrected chi connectivity index (χ2v) is 30.6. The van der Waals surface area contributed by atoms with E-state index in [1.807, 2.05) is 175 Å². The highest BCUT2D eigenvalue weighted by Crippen LogP contribution is 2.42. The third-order valence-electron chi connectivity index (χ3n) is 21.5. The molecule has 30 nitrogen and oxygen atoms in total. The summed E-state index contributed by atoms with van der Waals surface area (Å²) >= 11 is 7.16. The zero-order valence-corrected chi connectivity index (χ0v) is 66.7. The SMILES string of the molecule is CCOC(=O)Nc1ccc2c(c1)c1cccnc1n2C1CCC(=O)NC1=O.CN(C)c1ccc2c(c1)c1cccnc1n2C1CCC(=O)NC1=O.N#Cc1ccc2c(c1)c1cccnc1n2C1CCC(=O)NC1=O.O=C1CCC(n2c3cccc(Br)c3c3cccnc32)C(=O)N1.O=C1CCC(n2c3ccccc3c3c(Br)ccnc32)C(=O)N1. The van der Waals surface area contributed by atoms with Gasteiger partial charge in [-0.05, 0) is 182 Å². The quantitative estimate of drug-likeness (QED) is 0.0770. The fourth-order valence-corrected chi connectivity index (χ4v) is 17.4. The number of pyridine rings is 5. The van der Waals surface area contributed by atoms with E-state index in [1.165, 1.54) is 0 Å². The van der Waals surface area contributed by atoms with Crippen molar-refractivity contribution in [2.45, 2.75) is 101 Å². The van der Waals surface area contributed by atoms with Crippen LogP contribution in [0.25, 0.3) is 110 Å². The lowest BCUT2D eigenvalue weighted by molar-refractivity contribution is -0.137. The van der Waals surface area contributed by atoms with Crippen LogP contribution in [0.2, 0.25) is 0 Å². The minimum atomic E-state index is -0.524. The number of nitriles is 1. The molecule has 32 heteroatoms. The molecule has 5 atom stereocenters. The van der Waals surface area contributed by atoms with Gasteiger partial charge in [-0.15, -0.1) is 0 Å². The first-order valence-electron chi connectivity index (χ1n) is 38.1. The van der Waals surface area contributed by atoms with E-state index in [0.29, 0.717) is 80.3 Å². The highest BCUT2D eigenvalue weighted by molar-refractivity contribution is 9.11. The first kappa shape index (κ1) is 78.0. The van der Waals surface area contributed by atoms with Crippen LogP contribution in [0.5, 0.6) is 0 Å². The number of anilines is 2. The van der Waals surface area contributed by atoms with Gasteiger partial charge >= 0.3 is 6.09 Å². The number of hydrogen-bond acceptors (Lipinski definition) is 19. The molecule has 10 aromatic heterocycles. The average molecular weight is 1710 g/mol. The van der Waals surface area contributed by atoms with Crippen LogP contribution in [0.15, 0.2) is 192 Å². The van der Waals surface area contributed by atoms with Crippen molar-refractivity contribution < 1.29 is 57.5 Å². The van der Waals surface area contributed by atoms with E-state index >= 15 is 0 Å². The van der Waals surface area contributed by atoms with Gasteiger partial charge in [-0.1, -0.05) is 40.2 Å². The molecule has 15 heterocycles. The van der Waals surface area contributed by atoms with Crippen LogP contribution in [0.1, 0.15) is 107 Å². The molecule has 5 aliphatic heterocycles. The summed E-state index contributed by atoms with van der Waals surface area (Å²) < 4.78 is 16.4. The van der Waals surface area contributed by atoms with E-state index in [-0.39, 0.29) is 72.1 Å². The van der Waals surface area contributed by atoms with E-state index in [9.17, 15) is 52.7 Å². The Morgan fingerprint density at radius 1 is 0.415 bits per heavy atom. The lowest BCUT2D eigenvalue weighted by atomic mass is 10.1. The highest BCUT2D eigenvalue weighted by Gasteiger charge is 2.37. The smallest absolute Gasteiger partial charge is 0.411 e. The fraction of sp³-hybridized carbons (Fsp3) is 0.221. The summed E-state index contributed by atoms with van der Waals surface area (Å²) in [5.74, 6) is -2.56. The zero-order valence-electron chi connectivity index (χ0n) is 63.5. The lowest BCUT2D eigenvalue weighted by Crippen LogP contribution is -2.41. The molecule has 11 amide bonds. The van der Waals surface area contributed by atoms with E-state index in [0.717, 1.165) is 113 Å². The van der Waals surface area contributed by atoms with Gasteiger partial charge in [-0.3, -0.25) is 79.8 Å².